The molecule has 5 rings (SSSR count). The third-order valence-electron chi connectivity index (χ3n) is 7.04. The van der Waals surface area contributed by atoms with E-state index in [1.54, 1.807) is 7.11 Å². The number of carbonyl (C=O) groups is 1. The first kappa shape index (κ1) is 23.9. The van der Waals surface area contributed by atoms with Crippen molar-refractivity contribution in [3.05, 3.63) is 59.9 Å². The average Bonchev–Trinajstić information content (AvgIpc) is 3.35. The molecule has 0 bridgehead atoms. The summed E-state index contributed by atoms with van der Waals surface area (Å²) in [5.41, 5.74) is 3.27. The number of ether oxygens (including phenoxy) is 1. The van der Waals surface area contributed by atoms with E-state index >= 15 is 0 Å². The van der Waals surface area contributed by atoms with Crippen molar-refractivity contribution < 1.29 is 9.53 Å². The van der Waals surface area contributed by atoms with Gasteiger partial charge in [0.05, 0.1) is 18.9 Å². The molecular formula is C27H33N5O2S. The number of aromatic nitrogens is 3. The fourth-order valence-corrected chi connectivity index (χ4v) is 5.92. The summed E-state index contributed by atoms with van der Waals surface area (Å²) in [6.07, 6.45) is 5.74. The van der Waals surface area contributed by atoms with Crippen molar-refractivity contribution in [2.75, 3.05) is 37.4 Å². The molecule has 1 saturated heterocycles. The maximum Gasteiger partial charge on any atom is 0.237 e. The van der Waals surface area contributed by atoms with Gasteiger partial charge in [0.25, 0.3) is 0 Å². The van der Waals surface area contributed by atoms with E-state index in [1.165, 1.54) is 36.6 Å². The highest BCUT2D eigenvalue weighted by Gasteiger charge is 2.27. The van der Waals surface area contributed by atoms with Gasteiger partial charge in [-0.3, -0.25) is 14.3 Å². The number of benzene rings is 2. The fourth-order valence-electron chi connectivity index (χ4n) is 5.09. The number of likely N-dealkylation sites (tertiary alicyclic amines) is 1. The Bertz CT molecular complexity index is 1160. The van der Waals surface area contributed by atoms with Crippen LogP contribution in [0.15, 0.2) is 53.7 Å². The molecule has 0 unspecified atom stereocenters. The maximum atomic E-state index is 13.3. The Morgan fingerprint density at radius 1 is 1.00 bits per heavy atom. The van der Waals surface area contributed by atoms with Gasteiger partial charge in [0.15, 0.2) is 11.0 Å². The maximum absolute atomic E-state index is 13.3. The Morgan fingerprint density at radius 3 is 2.54 bits per heavy atom. The zero-order chi connectivity index (χ0) is 24.2. The number of hydrogen-bond acceptors (Lipinski definition) is 6. The van der Waals surface area contributed by atoms with Crippen LogP contribution in [0.2, 0.25) is 0 Å². The Hall–Kier alpha value is -2.84. The zero-order valence-electron chi connectivity index (χ0n) is 20.5. The molecule has 1 amide bonds. The van der Waals surface area contributed by atoms with Gasteiger partial charge in [-0.15, -0.1) is 10.2 Å². The molecule has 2 aromatic carbocycles. The Kier molecular flexibility index (Phi) is 7.39. The Labute approximate surface area is 211 Å². The highest BCUT2D eigenvalue weighted by molar-refractivity contribution is 7.99. The number of carbonyl (C=O) groups excluding carboxylic acids is 1. The van der Waals surface area contributed by atoms with E-state index in [2.05, 4.69) is 38.7 Å². The lowest BCUT2D eigenvalue weighted by molar-refractivity contribution is -0.116. The number of piperidine rings is 1. The second kappa shape index (κ2) is 10.8. The van der Waals surface area contributed by atoms with E-state index in [1.807, 2.05) is 41.3 Å². The smallest absolute Gasteiger partial charge is 0.237 e. The SMILES string of the molecule is COc1ccc(-n2c(SCC(=O)N3CCCc4ccccc43)nnc2[C@@H](C)N2CCCCC2)cc1. The van der Waals surface area contributed by atoms with Gasteiger partial charge in [-0.1, -0.05) is 36.4 Å². The lowest BCUT2D eigenvalue weighted by Gasteiger charge is -2.32. The van der Waals surface area contributed by atoms with Gasteiger partial charge in [0.1, 0.15) is 5.75 Å². The molecule has 1 aromatic heterocycles. The first-order valence-corrected chi connectivity index (χ1v) is 13.5. The van der Waals surface area contributed by atoms with E-state index < -0.39 is 0 Å². The van der Waals surface area contributed by atoms with E-state index in [0.29, 0.717) is 5.75 Å². The molecule has 3 heterocycles. The largest absolute Gasteiger partial charge is 0.497 e. The second-order valence-corrected chi connectivity index (χ2v) is 10.2. The highest BCUT2D eigenvalue weighted by atomic mass is 32.2. The Balaban J connectivity index is 1.40. The van der Waals surface area contributed by atoms with Gasteiger partial charge >= 0.3 is 0 Å². The predicted molar refractivity (Wildman–Crippen MR) is 140 cm³/mol. The van der Waals surface area contributed by atoms with Crippen LogP contribution in [0.25, 0.3) is 5.69 Å². The van der Waals surface area contributed by atoms with Gasteiger partial charge in [-0.2, -0.15) is 0 Å². The minimum absolute atomic E-state index is 0.108. The molecule has 1 fully saturated rings. The van der Waals surface area contributed by atoms with Crippen molar-refractivity contribution in [3.63, 3.8) is 0 Å². The molecule has 35 heavy (non-hydrogen) atoms. The van der Waals surface area contributed by atoms with Crippen molar-refractivity contribution in [2.24, 2.45) is 0 Å². The summed E-state index contributed by atoms with van der Waals surface area (Å²) in [5, 5.41) is 9.93. The predicted octanol–water partition coefficient (Wildman–Crippen LogP) is 4.89. The second-order valence-electron chi connectivity index (χ2n) is 9.21. The molecular weight excluding hydrogens is 458 g/mol. The van der Waals surface area contributed by atoms with Crippen LogP contribution in [-0.4, -0.2) is 58.1 Å². The molecule has 3 aromatic rings. The number of para-hydroxylation sites is 1. The van der Waals surface area contributed by atoms with Crippen LogP contribution in [0.5, 0.6) is 5.75 Å². The van der Waals surface area contributed by atoms with Crippen LogP contribution in [0.4, 0.5) is 5.69 Å². The molecule has 2 aliphatic rings. The number of nitrogens with zero attached hydrogens (tertiary/aromatic N) is 5. The van der Waals surface area contributed by atoms with E-state index in [4.69, 9.17) is 4.74 Å². The zero-order valence-corrected chi connectivity index (χ0v) is 21.3. The van der Waals surface area contributed by atoms with Crippen LogP contribution in [0.1, 0.15) is 50.0 Å². The number of thioether (sulfide) groups is 1. The quantitative estimate of drug-likeness (QED) is 0.439. The summed E-state index contributed by atoms with van der Waals surface area (Å²) < 4.78 is 7.47. The van der Waals surface area contributed by atoms with Crippen molar-refractivity contribution in [1.29, 1.82) is 0 Å². The molecule has 0 radical (unpaired) electrons. The number of aryl methyl sites for hydroxylation is 1. The number of fused-ring (bicyclic) bond motifs is 1. The van der Waals surface area contributed by atoms with Gasteiger partial charge in [0.2, 0.25) is 5.91 Å². The molecule has 8 heteroatoms. The first-order chi connectivity index (χ1) is 17.2. The third-order valence-corrected chi connectivity index (χ3v) is 7.95. The van der Waals surface area contributed by atoms with Crippen molar-refractivity contribution in [2.45, 2.75) is 50.2 Å². The average molecular weight is 492 g/mol. The number of hydrogen-bond donors (Lipinski definition) is 0. The minimum Gasteiger partial charge on any atom is -0.497 e. The van der Waals surface area contributed by atoms with Crippen molar-refractivity contribution >= 4 is 23.4 Å². The van der Waals surface area contributed by atoms with E-state index in [9.17, 15) is 4.79 Å². The lowest BCUT2D eigenvalue weighted by Crippen LogP contribution is -2.36. The summed E-state index contributed by atoms with van der Waals surface area (Å²) in [6, 6.07) is 16.3. The lowest BCUT2D eigenvalue weighted by atomic mass is 10.0. The monoisotopic (exact) mass is 491 g/mol. The molecule has 1 atom stereocenters. The summed E-state index contributed by atoms with van der Waals surface area (Å²) >= 11 is 1.46. The molecule has 0 saturated carbocycles. The summed E-state index contributed by atoms with van der Waals surface area (Å²) in [5.74, 6) is 2.15. The van der Waals surface area contributed by atoms with Gasteiger partial charge in [0, 0.05) is 17.9 Å². The van der Waals surface area contributed by atoms with Gasteiger partial charge in [-0.25, -0.2) is 0 Å². The fraction of sp³-hybridized carbons (Fsp3) is 0.444. The molecule has 7 nitrogen and oxygen atoms in total. The van der Waals surface area contributed by atoms with Crippen molar-refractivity contribution in [1.82, 2.24) is 19.7 Å². The first-order valence-electron chi connectivity index (χ1n) is 12.5. The van der Waals surface area contributed by atoms with Gasteiger partial charge < -0.3 is 9.64 Å². The van der Waals surface area contributed by atoms with Crippen LogP contribution < -0.4 is 9.64 Å². The summed E-state index contributed by atoms with van der Waals surface area (Å²) in [6.45, 7) is 5.12. The number of amides is 1. The summed E-state index contributed by atoms with van der Waals surface area (Å²) in [7, 11) is 1.67. The van der Waals surface area contributed by atoms with Crippen LogP contribution in [0, 0.1) is 0 Å². The highest BCUT2D eigenvalue weighted by Crippen LogP contribution is 2.32. The van der Waals surface area contributed by atoms with E-state index in [-0.39, 0.29) is 11.9 Å². The molecule has 0 spiro atoms. The number of rotatable bonds is 7. The van der Waals surface area contributed by atoms with Crippen molar-refractivity contribution in [3.8, 4) is 11.4 Å². The third kappa shape index (κ3) is 5.09. The minimum atomic E-state index is 0.108. The van der Waals surface area contributed by atoms with E-state index in [0.717, 1.165) is 60.6 Å². The van der Waals surface area contributed by atoms with Gasteiger partial charge in [-0.05, 0) is 81.6 Å². The van der Waals surface area contributed by atoms with Crippen LogP contribution in [-0.2, 0) is 11.2 Å². The molecule has 2 aliphatic heterocycles. The molecule has 0 aliphatic carbocycles. The normalized spacial score (nSPS) is 17.1. The Morgan fingerprint density at radius 2 is 1.77 bits per heavy atom. The summed E-state index contributed by atoms with van der Waals surface area (Å²) in [4.78, 5) is 17.7. The number of anilines is 1. The number of methoxy groups -OCH3 is 1. The van der Waals surface area contributed by atoms with Crippen LogP contribution >= 0.6 is 11.8 Å². The standard InChI is InChI=1S/C27H33N5O2S/c1-20(30-16-6-3-7-17-30)26-28-29-27(32(26)22-12-14-23(34-2)15-13-22)35-19-25(33)31-18-8-10-21-9-4-5-11-24(21)31/h4-5,9,11-15,20H,3,6-8,10,16-19H2,1-2H3/t20-/m1/s1. The van der Waals surface area contributed by atoms with Crippen LogP contribution in [0.3, 0.4) is 0 Å². The molecule has 184 valence electrons. The topological polar surface area (TPSA) is 63.5 Å². The molecule has 0 N–H and O–H groups in total.